The van der Waals surface area contributed by atoms with Gasteiger partial charge < -0.3 is 0 Å². The minimum absolute atomic E-state index is 0.235. The molecular formula is C35H52N2. The molecule has 1 unspecified atom stereocenters. The number of hydrogen-bond donors (Lipinski definition) is 0. The third kappa shape index (κ3) is 10.4. The molecule has 2 nitrogen and oxygen atoms in total. The van der Waals surface area contributed by atoms with Crippen molar-refractivity contribution in [3.63, 3.8) is 0 Å². The van der Waals surface area contributed by atoms with Crippen LogP contribution in [0.4, 0.5) is 0 Å². The Hall–Kier alpha value is -2.48. The Balaban J connectivity index is 2.01. The second-order valence-electron chi connectivity index (χ2n) is 14.0. The smallest absolute Gasteiger partial charge is 0.0763 e. The number of hydrogen-bond acceptors (Lipinski definition) is 2. The van der Waals surface area contributed by atoms with Gasteiger partial charge in [-0.1, -0.05) is 123 Å². The van der Waals surface area contributed by atoms with E-state index in [0.717, 1.165) is 36.2 Å². The van der Waals surface area contributed by atoms with Crippen LogP contribution in [0.3, 0.4) is 0 Å². The van der Waals surface area contributed by atoms with Crippen molar-refractivity contribution in [1.82, 2.24) is 0 Å². The van der Waals surface area contributed by atoms with Crippen molar-refractivity contribution in [2.45, 2.75) is 102 Å². The van der Waals surface area contributed by atoms with E-state index in [1.165, 1.54) is 23.1 Å². The fraction of sp³-hybridized carbons (Fsp3) is 0.543. The molecule has 1 atom stereocenters. The van der Waals surface area contributed by atoms with Crippen molar-refractivity contribution in [3.8, 4) is 0 Å². The lowest BCUT2D eigenvalue weighted by atomic mass is 9.68. The molecule has 0 saturated carbocycles. The third-order valence-corrected chi connectivity index (χ3v) is 6.85. The van der Waals surface area contributed by atoms with E-state index in [4.69, 9.17) is 0 Å². The first kappa shape index (κ1) is 30.7. The van der Waals surface area contributed by atoms with Crippen LogP contribution in [0.1, 0.15) is 107 Å². The van der Waals surface area contributed by atoms with Gasteiger partial charge in [-0.2, -0.15) is 10.2 Å². The molecule has 2 rings (SSSR count). The molecule has 1 aliphatic heterocycles. The first-order valence-corrected chi connectivity index (χ1v) is 14.0. The summed E-state index contributed by atoms with van der Waals surface area (Å²) >= 11 is 0. The number of allylic oxidation sites excluding steroid dienone is 8. The van der Waals surface area contributed by atoms with E-state index in [2.05, 4.69) is 147 Å². The maximum absolute atomic E-state index is 4.52. The van der Waals surface area contributed by atoms with Crippen LogP contribution in [0, 0.1) is 22.2 Å². The molecule has 0 aliphatic carbocycles. The van der Waals surface area contributed by atoms with E-state index in [1.807, 2.05) is 0 Å². The van der Waals surface area contributed by atoms with Crippen LogP contribution >= 0.6 is 0 Å². The molecule has 0 amide bonds. The van der Waals surface area contributed by atoms with E-state index in [-0.39, 0.29) is 5.41 Å². The Labute approximate surface area is 228 Å². The van der Waals surface area contributed by atoms with Crippen LogP contribution in [0.2, 0.25) is 0 Å². The summed E-state index contributed by atoms with van der Waals surface area (Å²) in [7, 11) is 0. The zero-order valence-electron chi connectivity index (χ0n) is 25.6. The second-order valence-corrected chi connectivity index (χ2v) is 14.0. The lowest BCUT2D eigenvalue weighted by Gasteiger charge is -2.36. The van der Waals surface area contributed by atoms with Gasteiger partial charge in [0, 0.05) is 6.42 Å². The van der Waals surface area contributed by atoms with Crippen LogP contribution < -0.4 is 0 Å². The minimum atomic E-state index is 0.235. The van der Waals surface area contributed by atoms with Crippen LogP contribution in [-0.2, 0) is 6.42 Å². The lowest BCUT2D eigenvalue weighted by molar-refractivity contribution is 0.199. The Morgan fingerprint density at radius 3 is 1.97 bits per heavy atom. The monoisotopic (exact) mass is 500 g/mol. The van der Waals surface area contributed by atoms with Crippen molar-refractivity contribution in [1.29, 1.82) is 0 Å². The Kier molecular flexibility index (Phi) is 10.7. The predicted octanol–water partition coefficient (Wildman–Crippen LogP) is 10.3. The van der Waals surface area contributed by atoms with Gasteiger partial charge in [-0.15, -0.1) is 0 Å². The van der Waals surface area contributed by atoms with Crippen molar-refractivity contribution in [2.24, 2.45) is 32.4 Å². The van der Waals surface area contributed by atoms with Gasteiger partial charge in [-0.05, 0) is 77.5 Å². The summed E-state index contributed by atoms with van der Waals surface area (Å²) in [6.45, 7) is 25.1. The van der Waals surface area contributed by atoms with Crippen molar-refractivity contribution in [2.75, 3.05) is 0 Å². The Morgan fingerprint density at radius 2 is 1.46 bits per heavy atom. The maximum Gasteiger partial charge on any atom is 0.0763 e. The summed E-state index contributed by atoms with van der Waals surface area (Å²) in [5.74, 6) is 0.538. The largest absolute Gasteiger partial charge is 0.154 e. The highest BCUT2D eigenvalue weighted by Gasteiger charge is 2.30. The highest BCUT2D eigenvalue weighted by atomic mass is 15.2. The highest BCUT2D eigenvalue weighted by Crippen LogP contribution is 2.41. The zero-order chi connectivity index (χ0) is 27.9. The van der Waals surface area contributed by atoms with E-state index >= 15 is 0 Å². The fourth-order valence-corrected chi connectivity index (χ4v) is 4.68. The summed E-state index contributed by atoms with van der Waals surface area (Å²) in [6.07, 6.45) is 17.5. The number of rotatable bonds is 9. The molecule has 0 fully saturated rings. The SMILES string of the molecule is C/C=C(\C=C/CC(C)(C)C)C1=NN=C(c2ccc(C/C=C\C(=C/C)C(CC(C)(C)C)C(C)(C)C)cc2)C1. The average Bonchev–Trinajstić information content (AvgIpc) is 3.27. The molecule has 1 aliphatic rings. The topological polar surface area (TPSA) is 24.7 Å². The molecule has 0 spiro atoms. The van der Waals surface area contributed by atoms with Crippen LogP contribution in [0.5, 0.6) is 0 Å². The van der Waals surface area contributed by atoms with E-state index in [0.29, 0.717) is 16.7 Å². The first-order valence-electron chi connectivity index (χ1n) is 14.0. The van der Waals surface area contributed by atoms with Gasteiger partial charge in [0.2, 0.25) is 0 Å². The molecule has 2 heteroatoms. The second kappa shape index (κ2) is 12.9. The van der Waals surface area contributed by atoms with Crippen LogP contribution in [0.25, 0.3) is 0 Å². The Bertz CT molecular complexity index is 1070. The summed E-state index contributed by atoms with van der Waals surface area (Å²) in [4.78, 5) is 0. The molecule has 202 valence electrons. The first-order chi connectivity index (χ1) is 17.1. The van der Waals surface area contributed by atoms with Crippen molar-refractivity contribution < 1.29 is 0 Å². The Morgan fingerprint density at radius 1 is 0.811 bits per heavy atom. The van der Waals surface area contributed by atoms with Crippen molar-refractivity contribution >= 4 is 11.4 Å². The predicted molar refractivity (Wildman–Crippen MR) is 166 cm³/mol. The van der Waals surface area contributed by atoms with E-state index in [9.17, 15) is 0 Å². The molecule has 1 heterocycles. The summed E-state index contributed by atoms with van der Waals surface area (Å²) in [5, 5.41) is 9.03. The van der Waals surface area contributed by atoms with Gasteiger partial charge in [0.25, 0.3) is 0 Å². The van der Waals surface area contributed by atoms with Gasteiger partial charge >= 0.3 is 0 Å². The molecule has 1 aromatic rings. The maximum atomic E-state index is 4.52. The third-order valence-electron chi connectivity index (χ3n) is 6.85. The van der Waals surface area contributed by atoms with Crippen molar-refractivity contribution in [3.05, 3.63) is 83.0 Å². The quantitative estimate of drug-likeness (QED) is 0.301. The molecular weight excluding hydrogens is 448 g/mol. The summed E-state index contributed by atoms with van der Waals surface area (Å²) in [5.41, 5.74) is 8.03. The minimum Gasteiger partial charge on any atom is -0.154 e. The van der Waals surface area contributed by atoms with Crippen LogP contribution in [-0.4, -0.2) is 11.4 Å². The number of benzene rings is 1. The number of nitrogens with zero attached hydrogens (tertiary/aromatic N) is 2. The molecule has 0 radical (unpaired) electrons. The molecule has 0 aromatic heterocycles. The lowest BCUT2D eigenvalue weighted by Crippen LogP contribution is -2.26. The van der Waals surface area contributed by atoms with Gasteiger partial charge in [0.15, 0.2) is 0 Å². The molecule has 1 aromatic carbocycles. The summed E-state index contributed by atoms with van der Waals surface area (Å²) < 4.78 is 0. The fourth-order valence-electron chi connectivity index (χ4n) is 4.68. The molecule has 0 bridgehead atoms. The molecule has 0 saturated heterocycles. The molecule has 37 heavy (non-hydrogen) atoms. The molecule has 0 N–H and O–H groups in total. The average molecular weight is 501 g/mol. The van der Waals surface area contributed by atoms with E-state index < -0.39 is 0 Å². The highest BCUT2D eigenvalue weighted by molar-refractivity contribution is 6.21. The normalized spacial score (nSPS) is 17.1. The van der Waals surface area contributed by atoms with Gasteiger partial charge in [0.1, 0.15) is 0 Å². The zero-order valence-corrected chi connectivity index (χ0v) is 25.6. The van der Waals surface area contributed by atoms with E-state index in [1.54, 1.807) is 0 Å². The standard InChI is InChI=1S/C35H52N2/c1-12-27(30(35(9,10)11)25-34(6,7)8)17-14-16-26-19-21-29(22-20-26)32-24-31(36-37-32)28(13-2)18-15-23-33(3,4)5/h12-15,17-22,30H,16,23-25H2,1-11H3/b17-14-,18-15-,27-12+,28-13+. The van der Waals surface area contributed by atoms with Gasteiger partial charge in [-0.3, -0.25) is 0 Å². The van der Waals surface area contributed by atoms with Gasteiger partial charge in [-0.25, -0.2) is 0 Å². The van der Waals surface area contributed by atoms with Crippen LogP contribution in [0.15, 0.2) is 82.1 Å². The summed E-state index contributed by atoms with van der Waals surface area (Å²) in [6, 6.07) is 8.84. The van der Waals surface area contributed by atoms with Gasteiger partial charge in [0.05, 0.1) is 11.4 Å².